The third-order valence-corrected chi connectivity index (χ3v) is 3.87. The molecular formula is C11H24N2S. The van der Waals surface area contributed by atoms with Gasteiger partial charge in [0.15, 0.2) is 0 Å². The van der Waals surface area contributed by atoms with E-state index in [1.807, 2.05) is 0 Å². The van der Waals surface area contributed by atoms with Crippen molar-refractivity contribution >= 4 is 11.8 Å². The molecular weight excluding hydrogens is 192 g/mol. The number of nitrogens with one attached hydrogen (secondary N) is 1. The Kier molecular flexibility index (Phi) is 6.65. The van der Waals surface area contributed by atoms with Crippen LogP contribution in [0.15, 0.2) is 0 Å². The van der Waals surface area contributed by atoms with Crippen LogP contribution in [0.1, 0.15) is 26.2 Å². The van der Waals surface area contributed by atoms with Gasteiger partial charge in [-0.1, -0.05) is 6.92 Å². The molecule has 1 aliphatic rings. The Bertz CT molecular complexity index is 141. The summed E-state index contributed by atoms with van der Waals surface area (Å²) in [6.07, 6.45) is 4.08. The van der Waals surface area contributed by atoms with Crippen molar-refractivity contribution in [2.45, 2.75) is 32.2 Å². The number of hydrogen-bond donors (Lipinski definition) is 1. The molecule has 0 aromatic rings. The maximum Gasteiger partial charge on any atom is 0.0192 e. The third kappa shape index (κ3) is 4.67. The van der Waals surface area contributed by atoms with Gasteiger partial charge in [0.05, 0.1) is 0 Å². The molecule has 1 rings (SSSR count). The normalized spacial score (nSPS) is 24.0. The second-order valence-corrected chi connectivity index (χ2v) is 5.37. The molecule has 0 amide bonds. The summed E-state index contributed by atoms with van der Waals surface area (Å²) >= 11 is 2.06. The zero-order valence-electron chi connectivity index (χ0n) is 9.59. The van der Waals surface area contributed by atoms with Crippen molar-refractivity contribution in [2.24, 2.45) is 0 Å². The molecule has 1 fully saturated rings. The highest BCUT2D eigenvalue weighted by Gasteiger charge is 2.17. The molecule has 1 aliphatic heterocycles. The standard InChI is InChI=1S/C11H24N2S/c1-3-14-9-5-8-13-7-4-6-11(10-13)12-2/h11-12H,3-10H2,1-2H3. The fraction of sp³-hybridized carbons (Fsp3) is 1.00. The summed E-state index contributed by atoms with van der Waals surface area (Å²) in [4.78, 5) is 2.61. The molecule has 0 aromatic heterocycles. The first-order valence-electron chi connectivity index (χ1n) is 5.84. The molecule has 0 aliphatic carbocycles. The van der Waals surface area contributed by atoms with Crippen LogP contribution < -0.4 is 5.32 Å². The van der Waals surface area contributed by atoms with E-state index >= 15 is 0 Å². The number of nitrogens with zero attached hydrogens (tertiary/aromatic N) is 1. The van der Waals surface area contributed by atoms with Crippen LogP contribution in [-0.4, -0.2) is 49.1 Å². The minimum Gasteiger partial charge on any atom is -0.316 e. The molecule has 0 saturated carbocycles. The largest absolute Gasteiger partial charge is 0.316 e. The smallest absolute Gasteiger partial charge is 0.0192 e. The summed E-state index contributed by atoms with van der Waals surface area (Å²) in [5.74, 6) is 2.59. The van der Waals surface area contributed by atoms with Crippen molar-refractivity contribution < 1.29 is 0 Å². The monoisotopic (exact) mass is 216 g/mol. The zero-order chi connectivity index (χ0) is 10.2. The van der Waals surface area contributed by atoms with Crippen LogP contribution in [0.25, 0.3) is 0 Å². The van der Waals surface area contributed by atoms with E-state index in [0.717, 1.165) is 6.04 Å². The maximum atomic E-state index is 3.39. The Hall–Kier alpha value is 0.270. The van der Waals surface area contributed by atoms with Crippen LogP contribution in [0.2, 0.25) is 0 Å². The summed E-state index contributed by atoms with van der Waals surface area (Å²) in [7, 11) is 2.08. The molecule has 84 valence electrons. The molecule has 0 aromatic carbocycles. The lowest BCUT2D eigenvalue weighted by molar-refractivity contribution is 0.196. The van der Waals surface area contributed by atoms with Crippen LogP contribution in [-0.2, 0) is 0 Å². The fourth-order valence-electron chi connectivity index (χ4n) is 2.03. The molecule has 0 bridgehead atoms. The number of thioether (sulfide) groups is 1. The Morgan fingerprint density at radius 1 is 1.50 bits per heavy atom. The summed E-state index contributed by atoms with van der Waals surface area (Å²) in [6, 6.07) is 0.738. The Morgan fingerprint density at radius 2 is 2.36 bits per heavy atom. The Labute approximate surface area is 92.8 Å². The van der Waals surface area contributed by atoms with Crippen molar-refractivity contribution in [1.82, 2.24) is 10.2 Å². The van der Waals surface area contributed by atoms with Crippen LogP contribution in [0.5, 0.6) is 0 Å². The molecule has 0 radical (unpaired) electrons. The number of piperidine rings is 1. The quantitative estimate of drug-likeness (QED) is 0.682. The van der Waals surface area contributed by atoms with Gasteiger partial charge in [-0.15, -0.1) is 0 Å². The van der Waals surface area contributed by atoms with E-state index < -0.39 is 0 Å². The predicted molar refractivity (Wildman–Crippen MR) is 66.1 cm³/mol. The van der Waals surface area contributed by atoms with Gasteiger partial charge in [-0.3, -0.25) is 0 Å². The highest BCUT2D eigenvalue weighted by Crippen LogP contribution is 2.11. The van der Waals surface area contributed by atoms with Gasteiger partial charge >= 0.3 is 0 Å². The Balaban J connectivity index is 2.05. The average molecular weight is 216 g/mol. The minimum absolute atomic E-state index is 0.738. The lowest BCUT2D eigenvalue weighted by Crippen LogP contribution is -2.44. The molecule has 1 unspecified atom stereocenters. The summed E-state index contributed by atoms with van der Waals surface area (Å²) in [5, 5.41) is 3.39. The van der Waals surface area contributed by atoms with E-state index in [9.17, 15) is 0 Å². The number of likely N-dealkylation sites (tertiary alicyclic amines) is 1. The van der Waals surface area contributed by atoms with E-state index in [1.165, 1.54) is 50.4 Å². The summed E-state index contributed by atoms with van der Waals surface area (Å²) in [5.41, 5.74) is 0. The lowest BCUT2D eigenvalue weighted by atomic mass is 10.1. The van der Waals surface area contributed by atoms with Gasteiger partial charge in [0.25, 0.3) is 0 Å². The van der Waals surface area contributed by atoms with Gasteiger partial charge in [-0.05, 0) is 50.9 Å². The average Bonchev–Trinajstić information content (AvgIpc) is 2.25. The third-order valence-electron chi connectivity index (χ3n) is 2.88. The van der Waals surface area contributed by atoms with Crippen LogP contribution >= 0.6 is 11.8 Å². The highest BCUT2D eigenvalue weighted by molar-refractivity contribution is 7.99. The maximum absolute atomic E-state index is 3.39. The summed E-state index contributed by atoms with van der Waals surface area (Å²) in [6.45, 7) is 6.11. The second kappa shape index (κ2) is 7.55. The number of hydrogen-bond acceptors (Lipinski definition) is 3. The molecule has 2 nitrogen and oxygen atoms in total. The predicted octanol–water partition coefficient (Wildman–Crippen LogP) is 1.81. The van der Waals surface area contributed by atoms with E-state index in [1.54, 1.807) is 0 Å². The number of rotatable bonds is 6. The minimum atomic E-state index is 0.738. The summed E-state index contributed by atoms with van der Waals surface area (Å²) < 4.78 is 0. The van der Waals surface area contributed by atoms with Crippen molar-refractivity contribution in [3.8, 4) is 0 Å². The molecule has 1 heterocycles. The van der Waals surface area contributed by atoms with E-state index in [-0.39, 0.29) is 0 Å². The molecule has 1 saturated heterocycles. The van der Waals surface area contributed by atoms with Crippen molar-refractivity contribution in [2.75, 3.05) is 38.2 Å². The van der Waals surface area contributed by atoms with E-state index in [2.05, 4.69) is 35.9 Å². The second-order valence-electron chi connectivity index (χ2n) is 3.98. The molecule has 0 spiro atoms. The Morgan fingerprint density at radius 3 is 3.07 bits per heavy atom. The molecule has 1 atom stereocenters. The van der Waals surface area contributed by atoms with Crippen LogP contribution in [0.3, 0.4) is 0 Å². The molecule has 14 heavy (non-hydrogen) atoms. The topological polar surface area (TPSA) is 15.3 Å². The van der Waals surface area contributed by atoms with Crippen LogP contribution in [0.4, 0.5) is 0 Å². The van der Waals surface area contributed by atoms with E-state index in [0.29, 0.717) is 0 Å². The van der Waals surface area contributed by atoms with Gasteiger partial charge in [-0.2, -0.15) is 11.8 Å². The fourth-order valence-corrected chi connectivity index (χ4v) is 2.65. The van der Waals surface area contributed by atoms with Gasteiger partial charge in [0, 0.05) is 12.6 Å². The highest BCUT2D eigenvalue weighted by atomic mass is 32.2. The van der Waals surface area contributed by atoms with E-state index in [4.69, 9.17) is 0 Å². The molecule has 3 heteroatoms. The van der Waals surface area contributed by atoms with Crippen LogP contribution in [0, 0.1) is 0 Å². The first-order valence-corrected chi connectivity index (χ1v) is 6.99. The van der Waals surface area contributed by atoms with Gasteiger partial charge < -0.3 is 10.2 Å². The van der Waals surface area contributed by atoms with Crippen molar-refractivity contribution in [3.63, 3.8) is 0 Å². The number of likely N-dealkylation sites (N-methyl/N-ethyl adjacent to an activating group) is 1. The first kappa shape index (κ1) is 12.3. The van der Waals surface area contributed by atoms with Crippen molar-refractivity contribution in [3.05, 3.63) is 0 Å². The zero-order valence-corrected chi connectivity index (χ0v) is 10.4. The van der Waals surface area contributed by atoms with Crippen molar-refractivity contribution in [1.29, 1.82) is 0 Å². The lowest BCUT2D eigenvalue weighted by Gasteiger charge is -2.32. The van der Waals surface area contributed by atoms with Gasteiger partial charge in [-0.25, -0.2) is 0 Å². The van der Waals surface area contributed by atoms with Gasteiger partial charge in [0.2, 0.25) is 0 Å². The SMILES string of the molecule is CCSCCCN1CCCC(NC)C1. The molecule has 1 N–H and O–H groups in total. The van der Waals surface area contributed by atoms with Gasteiger partial charge in [0.1, 0.15) is 0 Å². The first-order chi connectivity index (χ1) is 6.86.